The lowest BCUT2D eigenvalue weighted by Crippen LogP contribution is -2.30. The summed E-state index contributed by atoms with van der Waals surface area (Å²) in [6, 6.07) is 8.76. The van der Waals surface area contributed by atoms with Crippen LogP contribution in [0.3, 0.4) is 0 Å². The molecule has 26 heavy (non-hydrogen) atoms. The van der Waals surface area contributed by atoms with Gasteiger partial charge in [0.2, 0.25) is 0 Å². The average Bonchev–Trinajstić information content (AvgIpc) is 2.56. The number of pyridine rings is 1. The van der Waals surface area contributed by atoms with Crippen molar-refractivity contribution in [2.75, 3.05) is 19.0 Å². The van der Waals surface area contributed by atoms with E-state index in [0.29, 0.717) is 16.8 Å². The molecule has 1 aromatic carbocycles. The molecule has 0 fully saturated rings. The number of rotatable bonds is 5. The standard InChI is InChI=1S/C17H17F3N4O2/c1-23(2)14-6-3-12(4-7-14)9-21-22-15(25)11-24-10-13(17(18,19)20)5-8-16(24)26/h3-10H,11H2,1-2H3,(H,22,25). The van der Waals surface area contributed by atoms with E-state index >= 15 is 0 Å². The summed E-state index contributed by atoms with van der Waals surface area (Å²) < 4.78 is 38.7. The van der Waals surface area contributed by atoms with Crippen LogP contribution in [0, 0.1) is 0 Å². The monoisotopic (exact) mass is 366 g/mol. The summed E-state index contributed by atoms with van der Waals surface area (Å²) in [5.74, 6) is -0.715. The van der Waals surface area contributed by atoms with E-state index in [9.17, 15) is 22.8 Å². The average molecular weight is 366 g/mol. The Kier molecular flexibility index (Phi) is 5.81. The summed E-state index contributed by atoms with van der Waals surface area (Å²) in [6.07, 6.45) is -2.60. The van der Waals surface area contributed by atoms with E-state index < -0.39 is 29.8 Å². The van der Waals surface area contributed by atoms with Crippen LogP contribution in [-0.4, -0.2) is 30.8 Å². The molecule has 0 saturated carbocycles. The minimum absolute atomic E-state index is 0.570. The number of hydrogen-bond donors (Lipinski definition) is 1. The van der Waals surface area contributed by atoms with Crippen molar-refractivity contribution in [1.29, 1.82) is 0 Å². The van der Waals surface area contributed by atoms with Gasteiger partial charge >= 0.3 is 6.18 Å². The van der Waals surface area contributed by atoms with Gasteiger partial charge in [0, 0.05) is 32.0 Å². The first-order valence-electron chi connectivity index (χ1n) is 7.54. The second-order valence-corrected chi connectivity index (χ2v) is 5.66. The summed E-state index contributed by atoms with van der Waals surface area (Å²) in [5.41, 5.74) is 2.19. The van der Waals surface area contributed by atoms with Crippen LogP contribution in [0.5, 0.6) is 0 Å². The highest BCUT2D eigenvalue weighted by molar-refractivity contribution is 5.82. The molecule has 138 valence electrons. The zero-order valence-electron chi connectivity index (χ0n) is 14.1. The third-order valence-corrected chi connectivity index (χ3v) is 3.44. The first-order valence-corrected chi connectivity index (χ1v) is 7.54. The second kappa shape index (κ2) is 7.85. The predicted molar refractivity (Wildman–Crippen MR) is 92.2 cm³/mol. The largest absolute Gasteiger partial charge is 0.417 e. The fourth-order valence-electron chi connectivity index (χ4n) is 2.05. The molecule has 0 aliphatic rings. The van der Waals surface area contributed by atoms with Gasteiger partial charge in [-0.1, -0.05) is 12.1 Å². The summed E-state index contributed by atoms with van der Waals surface area (Å²) in [5, 5.41) is 3.74. The molecule has 1 amide bonds. The number of halogens is 3. The molecule has 2 aromatic rings. The highest BCUT2D eigenvalue weighted by Crippen LogP contribution is 2.27. The van der Waals surface area contributed by atoms with E-state index in [1.165, 1.54) is 6.21 Å². The van der Waals surface area contributed by atoms with Crippen LogP contribution in [0.4, 0.5) is 18.9 Å². The molecule has 0 aliphatic heterocycles. The highest BCUT2D eigenvalue weighted by Gasteiger charge is 2.31. The van der Waals surface area contributed by atoms with Gasteiger partial charge in [-0.15, -0.1) is 0 Å². The molecule has 0 unspecified atom stereocenters. The number of hydrazone groups is 1. The number of carbonyl (C=O) groups is 1. The van der Waals surface area contributed by atoms with Crippen LogP contribution in [0.2, 0.25) is 0 Å². The van der Waals surface area contributed by atoms with Crippen LogP contribution >= 0.6 is 0 Å². The molecule has 9 heteroatoms. The van der Waals surface area contributed by atoms with Crippen molar-refractivity contribution >= 4 is 17.8 Å². The third kappa shape index (κ3) is 5.20. The maximum atomic E-state index is 12.7. The molecule has 0 aliphatic carbocycles. The first kappa shape index (κ1) is 19.2. The van der Waals surface area contributed by atoms with Crippen LogP contribution in [-0.2, 0) is 17.5 Å². The lowest BCUT2D eigenvalue weighted by atomic mass is 10.2. The number of aromatic nitrogens is 1. The van der Waals surface area contributed by atoms with Crippen LogP contribution in [0.15, 0.2) is 52.5 Å². The van der Waals surface area contributed by atoms with Crippen LogP contribution in [0.1, 0.15) is 11.1 Å². The number of anilines is 1. The maximum absolute atomic E-state index is 12.7. The van der Waals surface area contributed by atoms with Crippen molar-refractivity contribution in [3.63, 3.8) is 0 Å². The number of amides is 1. The zero-order valence-corrected chi connectivity index (χ0v) is 14.1. The van der Waals surface area contributed by atoms with Crippen LogP contribution in [0.25, 0.3) is 0 Å². The van der Waals surface area contributed by atoms with Crippen molar-refractivity contribution in [2.24, 2.45) is 5.10 Å². The number of nitrogens with one attached hydrogen (secondary N) is 1. The zero-order chi connectivity index (χ0) is 19.3. The van der Waals surface area contributed by atoms with E-state index in [0.717, 1.165) is 17.3 Å². The molecule has 2 rings (SSSR count). The molecule has 0 saturated heterocycles. The Morgan fingerprint density at radius 3 is 2.42 bits per heavy atom. The van der Waals surface area contributed by atoms with Gasteiger partial charge < -0.3 is 9.47 Å². The molecular formula is C17H17F3N4O2. The molecular weight excluding hydrogens is 349 g/mol. The minimum Gasteiger partial charge on any atom is -0.378 e. The Morgan fingerprint density at radius 2 is 1.85 bits per heavy atom. The molecule has 1 aromatic heterocycles. The predicted octanol–water partition coefficient (Wildman–Crippen LogP) is 2.08. The SMILES string of the molecule is CN(C)c1ccc(C=NNC(=O)Cn2cc(C(F)(F)F)ccc2=O)cc1. The van der Waals surface area contributed by atoms with E-state index in [1.807, 2.05) is 31.1 Å². The normalized spacial score (nSPS) is 11.6. The molecule has 1 heterocycles. The quantitative estimate of drug-likeness (QED) is 0.651. The second-order valence-electron chi connectivity index (χ2n) is 5.66. The van der Waals surface area contributed by atoms with Crippen molar-refractivity contribution in [3.8, 4) is 0 Å². The highest BCUT2D eigenvalue weighted by atomic mass is 19.4. The fourth-order valence-corrected chi connectivity index (χ4v) is 2.05. The minimum atomic E-state index is -4.59. The number of hydrogen-bond acceptors (Lipinski definition) is 4. The van der Waals surface area contributed by atoms with E-state index in [-0.39, 0.29) is 0 Å². The van der Waals surface area contributed by atoms with Crippen molar-refractivity contribution in [3.05, 3.63) is 64.1 Å². The summed E-state index contributed by atoms with van der Waals surface area (Å²) >= 11 is 0. The lowest BCUT2D eigenvalue weighted by molar-refractivity contribution is -0.138. The molecule has 0 bridgehead atoms. The van der Waals surface area contributed by atoms with Gasteiger partial charge in [0.1, 0.15) is 6.54 Å². The van der Waals surface area contributed by atoms with Gasteiger partial charge in [-0.2, -0.15) is 18.3 Å². The Balaban J connectivity index is 1.99. The van der Waals surface area contributed by atoms with E-state index in [2.05, 4.69) is 10.5 Å². The van der Waals surface area contributed by atoms with E-state index in [1.54, 1.807) is 12.1 Å². The van der Waals surface area contributed by atoms with Crippen LogP contribution < -0.4 is 15.9 Å². The summed E-state index contributed by atoms with van der Waals surface area (Å²) in [7, 11) is 3.80. The third-order valence-electron chi connectivity index (χ3n) is 3.44. The summed E-state index contributed by atoms with van der Waals surface area (Å²) in [4.78, 5) is 25.3. The molecule has 1 N–H and O–H groups in total. The molecule has 0 spiro atoms. The topological polar surface area (TPSA) is 66.7 Å². The van der Waals surface area contributed by atoms with Gasteiger partial charge in [0.05, 0.1) is 11.8 Å². The Morgan fingerprint density at radius 1 is 1.19 bits per heavy atom. The van der Waals surface area contributed by atoms with Crippen molar-refractivity contribution in [2.45, 2.75) is 12.7 Å². The smallest absolute Gasteiger partial charge is 0.378 e. The van der Waals surface area contributed by atoms with Gasteiger partial charge in [-0.25, -0.2) is 5.43 Å². The fraction of sp³-hybridized carbons (Fsp3) is 0.235. The van der Waals surface area contributed by atoms with Gasteiger partial charge in [0.25, 0.3) is 11.5 Å². The van der Waals surface area contributed by atoms with Gasteiger partial charge in [-0.05, 0) is 23.8 Å². The first-order chi connectivity index (χ1) is 12.2. The van der Waals surface area contributed by atoms with E-state index in [4.69, 9.17) is 0 Å². The maximum Gasteiger partial charge on any atom is 0.417 e. The number of nitrogens with zero attached hydrogens (tertiary/aromatic N) is 3. The van der Waals surface area contributed by atoms with Crippen molar-refractivity contribution in [1.82, 2.24) is 9.99 Å². The molecule has 6 nitrogen and oxygen atoms in total. The molecule has 0 atom stereocenters. The van der Waals surface area contributed by atoms with Crippen molar-refractivity contribution < 1.29 is 18.0 Å². The van der Waals surface area contributed by atoms with Gasteiger partial charge in [-0.3, -0.25) is 9.59 Å². The lowest BCUT2D eigenvalue weighted by Gasteiger charge is -2.11. The number of benzene rings is 1. The Hall–Kier alpha value is -3.10. The molecule has 0 radical (unpaired) electrons. The Labute approximate surface area is 147 Å². The Bertz CT molecular complexity index is 856. The van der Waals surface area contributed by atoms with Gasteiger partial charge in [0.15, 0.2) is 0 Å². The number of alkyl halides is 3. The number of carbonyl (C=O) groups excluding carboxylic acids is 1. The summed E-state index contributed by atoms with van der Waals surface area (Å²) in [6.45, 7) is -0.570.